The van der Waals surface area contributed by atoms with Crippen molar-refractivity contribution in [2.75, 3.05) is 20.3 Å². The second kappa shape index (κ2) is 9.51. The standard InChI is InChI=1S/C21H26BrN5O4/c1-12(2)18(25-21(30)31-4)20(29)27-11-26(13(3)28)10-17(27)19-23-9-16(24-19)14-5-7-15(22)8-6-14/h5-9,12,17-18H,10-11H2,1-4H3,(H,23,24)(H,25,30)/t17-,18-/m0/s1. The van der Waals surface area contributed by atoms with Gasteiger partial charge in [0.05, 0.1) is 32.2 Å². The summed E-state index contributed by atoms with van der Waals surface area (Å²) < 4.78 is 5.64. The van der Waals surface area contributed by atoms with Gasteiger partial charge in [-0.3, -0.25) is 9.59 Å². The van der Waals surface area contributed by atoms with Crippen LogP contribution in [0.5, 0.6) is 0 Å². The lowest BCUT2D eigenvalue weighted by atomic mass is 10.0. The highest BCUT2D eigenvalue weighted by molar-refractivity contribution is 9.10. The van der Waals surface area contributed by atoms with Crippen molar-refractivity contribution < 1.29 is 19.1 Å². The summed E-state index contributed by atoms with van der Waals surface area (Å²) in [6.07, 6.45) is 1.03. The molecule has 1 saturated heterocycles. The summed E-state index contributed by atoms with van der Waals surface area (Å²) in [5.41, 5.74) is 1.76. The Morgan fingerprint density at radius 3 is 2.52 bits per heavy atom. The fraction of sp³-hybridized carbons (Fsp3) is 0.429. The maximum Gasteiger partial charge on any atom is 0.407 e. The molecule has 1 aliphatic rings. The van der Waals surface area contributed by atoms with Crippen molar-refractivity contribution in [1.82, 2.24) is 25.1 Å². The maximum absolute atomic E-state index is 13.4. The summed E-state index contributed by atoms with van der Waals surface area (Å²) in [7, 11) is 1.25. The molecule has 1 aliphatic heterocycles. The van der Waals surface area contributed by atoms with Crippen molar-refractivity contribution in [3.8, 4) is 11.3 Å². The molecule has 0 spiro atoms. The van der Waals surface area contributed by atoms with Crippen LogP contribution in [0.2, 0.25) is 0 Å². The monoisotopic (exact) mass is 491 g/mol. The molecule has 0 unspecified atom stereocenters. The van der Waals surface area contributed by atoms with Gasteiger partial charge in [-0.1, -0.05) is 41.9 Å². The Labute approximate surface area is 189 Å². The molecule has 2 aromatic rings. The summed E-state index contributed by atoms with van der Waals surface area (Å²) in [6, 6.07) is 6.53. The molecular weight excluding hydrogens is 466 g/mol. The molecule has 3 rings (SSSR count). The van der Waals surface area contributed by atoms with Crippen molar-refractivity contribution in [2.24, 2.45) is 5.92 Å². The zero-order valence-electron chi connectivity index (χ0n) is 17.9. The van der Waals surface area contributed by atoms with Gasteiger partial charge in [0.1, 0.15) is 17.9 Å². The fourth-order valence-corrected chi connectivity index (χ4v) is 3.76. The van der Waals surface area contributed by atoms with Crippen LogP contribution in [0.3, 0.4) is 0 Å². The number of ether oxygens (including phenoxy) is 1. The van der Waals surface area contributed by atoms with Gasteiger partial charge in [0.15, 0.2) is 0 Å². The molecule has 10 heteroatoms. The van der Waals surface area contributed by atoms with Crippen molar-refractivity contribution in [1.29, 1.82) is 0 Å². The number of benzene rings is 1. The molecule has 1 aromatic heterocycles. The number of nitrogens with zero attached hydrogens (tertiary/aromatic N) is 3. The molecule has 0 saturated carbocycles. The van der Waals surface area contributed by atoms with Crippen LogP contribution < -0.4 is 5.32 Å². The van der Waals surface area contributed by atoms with Gasteiger partial charge < -0.3 is 24.8 Å². The van der Waals surface area contributed by atoms with Crippen molar-refractivity contribution in [3.63, 3.8) is 0 Å². The lowest BCUT2D eigenvalue weighted by Gasteiger charge is -2.29. The lowest BCUT2D eigenvalue weighted by molar-refractivity contribution is -0.137. The molecule has 2 heterocycles. The van der Waals surface area contributed by atoms with Crippen LogP contribution >= 0.6 is 15.9 Å². The Bertz CT molecular complexity index is 959. The Morgan fingerprint density at radius 1 is 1.26 bits per heavy atom. The number of aromatic nitrogens is 2. The predicted molar refractivity (Wildman–Crippen MR) is 118 cm³/mol. The first-order valence-corrected chi connectivity index (χ1v) is 10.7. The minimum Gasteiger partial charge on any atom is -0.453 e. The summed E-state index contributed by atoms with van der Waals surface area (Å²) >= 11 is 3.42. The van der Waals surface area contributed by atoms with Crippen LogP contribution in [-0.2, 0) is 14.3 Å². The Morgan fingerprint density at radius 2 is 1.94 bits per heavy atom. The maximum atomic E-state index is 13.4. The summed E-state index contributed by atoms with van der Waals surface area (Å²) in [5, 5.41) is 2.60. The largest absolute Gasteiger partial charge is 0.453 e. The molecule has 0 radical (unpaired) electrons. The summed E-state index contributed by atoms with van der Waals surface area (Å²) in [4.78, 5) is 48.1. The Hall–Kier alpha value is -2.88. The highest BCUT2D eigenvalue weighted by atomic mass is 79.9. The van der Waals surface area contributed by atoms with E-state index in [-0.39, 0.29) is 24.4 Å². The van der Waals surface area contributed by atoms with Crippen molar-refractivity contribution in [3.05, 3.63) is 40.8 Å². The van der Waals surface area contributed by atoms with E-state index in [1.165, 1.54) is 14.0 Å². The molecule has 2 N–H and O–H groups in total. The first-order chi connectivity index (χ1) is 14.7. The predicted octanol–water partition coefficient (Wildman–Crippen LogP) is 2.91. The molecule has 9 nitrogen and oxygen atoms in total. The second-order valence-electron chi connectivity index (χ2n) is 7.75. The number of rotatable bonds is 5. The number of carbonyl (C=O) groups excluding carboxylic acids is 3. The average molecular weight is 492 g/mol. The van der Waals surface area contributed by atoms with Crippen LogP contribution in [0.4, 0.5) is 4.79 Å². The summed E-state index contributed by atoms with van der Waals surface area (Å²) in [6.45, 7) is 5.58. The second-order valence-corrected chi connectivity index (χ2v) is 8.67. The number of hydrogen-bond donors (Lipinski definition) is 2. The number of amides is 3. The number of alkyl carbamates (subject to hydrolysis) is 1. The highest BCUT2D eigenvalue weighted by Gasteiger charge is 2.41. The van der Waals surface area contributed by atoms with Gasteiger partial charge in [0.25, 0.3) is 0 Å². The Kier molecular flexibility index (Phi) is 6.99. The topological polar surface area (TPSA) is 108 Å². The van der Waals surface area contributed by atoms with Crippen LogP contribution in [0.25, 0.3) is 11.3 Å². The average Bonchev–Trinajstić information content (AvgIpc) is 3.39. The lowest BCUT2D eigenvalue weighted by Crippen LogP contribution is -2.51. The Balaban J connectivity index is 1.89. The minimum absolute atomic E-state index is 0.124. The van der Waals surface area contributed by atoms with Crippen LogP contribution in [0, 0.1) is 5.92 Å². The van der Waals surface area contributed by atoms with E-state index in [9.17, 15) is 14.4 Å². The minimum atomic E-state index is -0.789. The van der Waals surface area contributed by atoms with E-state index in [4.69, 9.17) is 0 Å². The normalized spacial score (nSPS) is 17.0. The van der Waals surface area contributed by atoms with Gasteiger partial charge in [-0.05, 0) is 23.6 Å². The van der Waals surface area contributed by atoms with Gasteiger partial charge in [-0.2, -0.15) is 0 Å². The van der Waals surface area contributed by atoms with Crippen molar-refractivity contribution in [2.45, 2.75) is 32.9 Å². The van der Waals surface area contributed by atoms with E-state index in [0.717, 1.165) is 15.7 Å². The molecule has 31 heavy (non-hydrogen) atoms. The van der Waals surface area contributed by atoms with Gasteiger partial charge in [0, 0.05) is 11.4 Å². The first-order valence-electron chi connectivity index (χ1n) is 9.92. The molecular formula is C21H26BrN5O4. The number of imidazole rings is 1. The SMILES string of the molecule is COC(=O)N[C@H](C(=O)N1CN(C(C)=O)C[C@H]1c1ncc(-c2ccc(Br)cc2)[nH]1)C(C)C. The molecule has 3 amide bonds. The van der Waals surface area contributed by atoms with Crippen LogP contribution in [0.1, 0.15) is 32.6 Å². The van der Waals surface area contributed by atoms with Crippen LogP contribution in [-0.4, -0.2) is 64.0 Å². The van der Waals surface area contributed by atoms with Crippen LogP contribution in [0.15, 0.2) is 34.9 Å². The third-order valence-corrected chi connectivity index (χ3v) is 5.81. The number of halogens is 1. The number of nitrogens with one attached hydrogen (secondary N) is 2. The van der Waals surface area contributed by atoms with Gasteiger partial charge in [-0.15, -0.1) is 0 Å². The van der Waals surface area contributed by atoms with Gasteiger partial charge in [-0.25, -0.2) is 9.78 Å². The smallest absolute Gasteiger partial charge is 0.407 e. The number of carbonyl (C=O) groups is 3. The number of hydrogen-bond acceptors (Lipinski definition) is 5. The fourth-order valence-electron chi connectivity index (χ4n) is 3.49. The molecule has 166 valence electrons. The van der Waals surface area contributed by atoms with E-state index in [1.807, 2.05) is 38.1 Å². The van der Waals surface area contributed by atoms with E-state index in [0.29, 0.717) is 12.4 Å². The molecule has 1 aromatic carbocycles. The highest BCUT2D eigenvalue weighted by Crippen LogP contribution is 2.30. The first kappa shape index (κ1) is 22.8. The number of methoxy groups -OCH3 is 1. The zero-order valence-corrected chi connectivity index (χ0v) is 19.5. The van der Waals surface area contributed by atoms with Gasteiger partial charge >= 0.3 is 6.09 Å². The quantitative estimate of drug-likeness (QED) is 0.668. The zero-order chi connectivity index (χ0) is 22.7. The van der Waals surface area contributed by atoms with Gasteiger partial charge in [0.2, 0.25) is 11.8 Å². The van der Waals surface area contributed by atoms with E-state index in [2.05, 4.69) is 36.0 Å². The van der Waals surface area contributed by atoms with Crippen molar-refractivity contribution >= 4 is 33.8 Å². The molecule has 0 aliphatic carbocycles. The number of aromatic amines is 1. The number of H-pyrrole nitrogens is 1. The molecule has 0 bridgehead atoms. The third-order valence-electron chi connectivity index (χ3n) is 5.28. The molecule has 1 fully saturated rings. The third kappa shape index (κ3) is 5.07. The summed E-state index contributed by atoms with van der Waals surface area (Å²) in [5.74, 6) is -0.0260. The van der Waals surface area contributed by atoms with E-state index >= 15 is 0 Å². The van der Waals surface area contributed by atoms with E-state index < -0.39 is 18.2 Å². The van der Waals surface area contributed by atoms with E-state index in [1.54, 1.807) is 16.0 Å². The molecule has 2 atom stereocenters.